The van der Waals surface area contributed by atoms with Crippen LogP contribution in [0.2, 0.25) is 0 Å². The number of nitrogens with two attached hydrogens (primary N) is 1. The van der Waals surface area contributed by atoms with Gasteiger partial charge in [0.2, 0.25) is 0 Å². The molecule has 1 heterocycles. The largest absolute Gasteiger partial charge is 0.326 e. The Bertz CT molecular complexity index is 598. The van der Waals surface area contributed by atoms with Gasteiger partial charge in [0.25, 0.3) is 0 Å². The molecule has 94 valence electrons. The van der Waals surface area contributed by atoms with Gasteiger partial charge < -0.3 is 5.73 Å². The number of rotatable bonds is 4. The second kappa shape index (κ2) is 5.49. The standard InChI is InChI=1S/C14H15FN2S/c1-3-7-17(2)9-10-13(8-16)18-12-6-4-5-11(15)14(10)12/h1,4-6H,7-9,16H2,2H3. The molecule has 2 N–H and O–H groups in total. The maximum absolute atomic E-state index is 13.9. The van der Waals surface area contributed by atoms with Gasteiger partial charge in [-0.2, -0.15) is 0 Å². The molecule has 2 rings (SSSR count). The van der Waals surface area contributed by atoms with Crippen molar-refractivity contribution in [1.82, 2.24) is 4.90 Å². The van der Waals surface area contributed by atoms with Crippen LogP contribution >= 0.6 is 11.3 Å². The van der Waals surface area contributed by atoms with Crippen LogP contribution in [0.15, 0.2) is 18.2 Å². The second-order valence-electron chi connectivity index (χ2n) is 4.20. The van der Waals surface area contributed by atoms with Crippen LogP contribution in [0.25, 0.3) is 10.1 Å². The Labute approximate surface area is 110 Å². The quantitative estimate of drug-likeness (QED) is 0.858. The molecular formula is C14H15FN2S. The highest BCUT2D eigenvalue weighted by atomic mass is 32.1. The maximum atomic E-state index is 13.9. The van der Waals surface area contributed by atoms with E-state index in [4.69, 9.17) is 12.2 Å². The second-order valence-corrected chi connectivity index (χ2v) is 5.33. The molecule has 4 heteroatoms. The first-order valence-corrected chi connectivity index (χ1v) is 6.49. The molecule has 0 amide bonds. The Hall–Kier alpha value is -1.41. The number of thiophene rings is 1. The fourth-order valence-corrected chi connectivity index (χ4v) is 3.14. The number of hydrogen-bond donors (Lipinski definition) is 1. The first-order valence-electron chi connectivity index (χ1n) is 5.68. The van der Waals surface area contributed by atoms with Crippen LogP contribution in [-0.2, 0) is 13.1 Å². The molecule has 0 fully saturated rings. The number of terminal acetylenes is 1. The van der Waals surface area contributed by atoms with Crippen molar-refractivity contribution in [1.29, 1.82) is 0 Å². The summed E-state index contributed by atoms with van der Waals surface area (Å²) in [5.41, 5.74) is 6.71. The lowest BCUT2D eigenvalue weighted by Crippen LogP contribution is -2.18. The monoisotopic (exact) mass is 262 g/mol. The fourth-order valence-electron chi connectivity index (χ4n) is 2.03. The van der Waals surface area contributed by atoms with Crippen LogP contribution in [0, 0.1) is 18.2 Å². The molecule has 1 aromatic carbocycles. The molecule has 0 spiro atoms. The van der Waals surface area contributed by atoms with Crippen LogP contribution in [0.3, 0.4) is 0 Å². The third kappa shape index (κ3) is 2.39. The molecule has 2 nitrogen and oxygen atoms in total. The van der Waals surface area contributed by atoms with E-state index < -0.39 is 0 Å². The number of halogens is 1. The number of nitrogens with zero attached hydrogens (tertiary/aromatic N) is 1. The van der Waals surface area contributed by atoms with Crippen molar-refractivity contribution in [2.45, 2.75) is 13.1 Å². The first-order chi connectivity index (χ1) is 8.67. The summed E-state index contributed by atoms with van der Waals surface area (Å²) in [5, 5.41) is 0.687. The van der Waals surface area contributed by atoms with E-state index in [1.165, 1.54) is 6.07 Å². The predicted octanol–water partition coefficient (Wildman–Crippen LogP) is 2.56. The summed E-state index contributed by atoms with van der Waals surface area (Å²) in [6, 6.07) is 5.14. The molecule has 2 aromatic rings. The van der Waals surface area contributed by atoms with E-state index in [-0.39, 0.29) is 5.82 Å². The van der Waals surface area contributed by atoms with Crippen molar-refractivity contribution < 1.29 is 4.39 Å². The third-order valence-electron chi connectivity index (χ3n) is 2.82. The first kappa shape index (κ1) is 13.0. The highest BCUT2D eigenvalue weighted by Crippen LogP contribution is 2.33. The summed E-state index contributed by atoms with van der Waals surface area (Å²) in [6.07, 6.45) is 5.28. The van der Waals surface area contributed by atoms with Crippen molar-refractivity contribution in [3.05, 3.63) is 34.5 Å². The highest BCUT2D eigenvalue weighted by Gasteiger charge is 2.15. The molecule has 0 radical (unpaired) electrons. The van der Waals surface area contributed by atoms with E-state index in [0.717, 1.165) is 15.1 Å². The molecule has 18 heavy (non-hydrogen) atoms. The molecule has 1 aromatic heterocycles. The summed E-state index contributed by atoms with van der Waals surface area (Å²) in [4.78, 5) is 3.01. The summed E-state index contributed by atoms with van der Waals surface area (Å²) in [5.74, 6) is 2.40. The number of benzene rings is 1. The van der Waals surface area contributed by atoms with Gasteiger partial charge in [0.15, 0.2) is 0 Å². The number of fused-ring (bicyclic) bond motifs is 1. The summed E-state index contributed by atoms with van der Waals surface area (Å²) >= 11 is 1.55. The Morgan fingerprint density at radius 3 is 2.94 bits per heavy atom. The Kier molecular flexibility index (Phi) is 3.97. The fraction of sp³-hybridized carbons (Fsp3) is 0.286. The molecule has 0 atom stereocenters. The van der Waals surface area contributed by atoms with Gasteiger partial charge in [0, 0.05) is 28.1 Å². The van der Waals surface area contributed by atoms with Gasteiger partial charge in [-0.15, -0.1) is 17.8 Å². The van der Waals surface area contributed by atoms with Crippen LogP contribution < -0.4 is 5.73 Å². The average Bonchev–Trinajstić information content (AvgIpc) is 2.69. The van der Waals surface area contributed by atoms with Gasteiger partial charge in [-0.3, -0.25) is 4.90 Å². The van der Waals surface area contributed by atoms with Crippen LogP contribution in [0.1, 0.15) is 10.4 Å². The van der Waals surface area contributed by atoms with Gasteiger partial charge in [-0.05, 0) is 24.7 Å². The smallest absolute Gasteiger partial charge is 0.132 e. The average molecular weight is 262 g/mol. The minimum Gasteiger partial charge on any atom is -0.326 e. The minimum atomic E-state index is -0.187. The summed E-state index contributed by atoms with van der Waals surface area (Å²) < 4.78 is 14.9. The zero-order valence-electron chi connectivity index (χ0n) is 10.2. The lowest BCUT2D eigenvalue weighted by molar-refractivity contribution is 0.369. The molecule has 0 aliphatic rings. The highest BCUT2D eigenvalue weighted by molar-refractivity contribution is 7.19. The lowest BCUT2D eigenvalue weighted by Gasteiger charge is -2.14. The van der Waals surface area contributed by atoms with Crippen molar-refractivity contribution in [3.8, 4) is 12.3 Å². The van der Waals surface area contributed by atoms with E-state index >= 15 is 0 Å². The van der Waals surface area contributed by atoms with Crippen molar-refractivity contribution in [2.24, 2.45) is 5.73 Å². The third-order valence-corrected chi connectivity index (χ3v) is 4.04. The zero-order valence-corrected chi connectivity index (χ0v) is 11.1. The normalized spacial score (nSPS) is 11.1. The van der Waals surface area contributed by atoms with E-state index in [0.29, 0.717) is 25.0 Å². The Balaban J connectivity index is 2.50. The van der Waals surface area contributed by atoms with Crippen LogP contribution in [0.4, 0.5) is 4.39 Å². The van der Waals surface area contributed by atoms with Gasteiger partial charge in [0.1, 0.15) is 5.82 Å². The molecule has 0 aliphatic heterocycles. The zero-order chi connectivity index (χ0) is 13.1. The van der Waals surface area contributed by atoms with Gasteiger partial charge in [-0.25, -0.2) is 4.39 Å². The molecule has 0 saturated heterocycles. The molecule has 0 aliphatic carbocycles. The lowest BCUT2D eigenvalue weighted by atomic mass is 10.1. The van der Waals surface area contributed by atoms with E-state index in [1.54, 1.807) is 17.4 Å². The molecular weight excluding hydrogens is 247 g/mol. The molecule has 0 bridgehead atoms. The minimum absolute atomic E-state index is 0.187. The van der Waals surface area contributed by atoms with E-state index in [1.807, 2.05) is 18.0 Å². The topological polar surface area (TPSA) is 29.3 Å². The predicted molar refractivity (Wildman–Crippen MR) is 74.8 cm³/mol. The molecule has 0 unspecified atom stereocenters. The SMILES string of the molecule is C#CCN(C)Cc1c(CN)sc2cccc(F)c12. The van der Waals surface area contributed by atoms with E-state index in [2.05, 4.69) is 5.92 Å². The summed E-state index contributed by atoms with van der Waals surface area (Å²) in [7, 11) is 1.92. The molecule has 0 saturated carbocycles. The maximum Gasteiger partial charge on any atom is 0.132 e. The van der Waals surface area contributed by atoms with E-state index in [9.17, 15) is 4.39 Å². The van der Waals surface area contributed by atoms with Crippen molar-refractivity contribution in [2.75, 3.05) is 13.6 Å². The van der Waals surface area contributed by atoms with Gasteiger partial charge in [0.05, 0.1) is 6.54 Å². The van der Waals surface area contributed by atoms with Gasteiger partial charge >= 0.3 is 0 Å². The van der Waals surface area contributed by atoms with Crippen LogP contribution in [0.5, 0.6) is 0 Å². The van der Waals surface area contributed by atoms with Gasteiger partial charge in [-0.1, -0.05) is 12.0 Å². The summed E-state index contributed by atoms with van der Waals surface area (Å²) in [6.45, 7) is 1.59. The van der Waals surface area contributed by atoms with Crippen molar-refractivity contribution >= 4 is 21.4 Å². The Morgan fingerprint density at radius 2 is 2.28 bits per heavy atom. The Morgan fingerprint density at radius 1 is 1.50 bits per heavy atom. The van der Waals surface area contributed by atoms with Crippen LogP contribution in [-0.4, -0.2) is 18.5 Å². The number of hydrogen-bond acceptors (Lipinski definition) is 3. The van der Waals surface area contributed by atoms with Crippen molar-refractivity contribution in [3.63, 3.8) is 0 Å².